The summed E-state index contributed by atoms with van der Waals surface area (Å²) in [4.78, 5) is 0. The highest BCUT2D eigenvalue weighted by molar-refractivity contribution is 7.48. The zero-order valence-corrected chi connectivity index (χ0v) is 10.8. The van der Waals surface area contributed by atoms with Crippen LogP contribution < -0.4 is 0 Å². The summed E-state index contributed by atoms with van der Waals surface area (Å²) in [5.41, 5.74) is 0.146. The largest absolute Gasteiger partial charge is 0.476 e. The predicted molar refractivity (Wildman–Crippen MR) is 62.2 cm³/mol. The van der Waals surface area contributed by atoms with Crippen molar-refractivity contribution in [2.75, 3.05) is 7.11 Å². The van der Waals surface area contributed by atoms with Crippen LogP contribution in [0.1, 0.15) is 12.5 Å². The Morgan fingerprint density at radius 2 is 2.00 bits per heavy atom. The Hall–Kier alpha value is -0.380. The third-order valence-electron chi connectivity index (χ3n) is 1.73. The fourth-order valence-electron chi connectivity index (χ4n) is 1.03. The monoisotopic (exact) mass is 264 g/mol. The van der Waals surface area contributed by atoms with Gasteiger partial charge in [-0.2, -0.15) is 0 Å². The standard InChI is InChI=1S/C10H14ClO4P/c1-9(11)15-16(12,13-2)14-8-10-6-4-3-5-7-10/h3-7,9H,8H2,1-2H3. The molecule has 0 fully saturated rings. The van der Waals surface area contributed by atoms with E-state index in [1.54, 1.807) is 6.92 Å². The molecule has 90 valence electrons. The topological polar surface area (TPSA) is 44.8 Å². The molecule has 0 amide bonds. The molecule has 0 N–H and O–H groups in total. The number of rotatable bonds is 6. The van der Waals surface area contributed by atoms with Crippen LogP contribution in [0.2, 0.25) is 0 Å². The normalized spacial score (nSPS) is 16.7. The van der Waals surface area contributed by atoms with Crippen molar-refractivity contribution in [3.05, 3.63) is 35.9 Å². The predicted octanol–water partition coefficient (Wildman–Crippen LogP) is 3.56. The lowest BCUT2D eigenvalue weighted by atomic mass is 10.2. The zero-order chi connectivity index (χ0) is 12.0. The number of hydrogen-bond acceptors (Lipinski definition) is 4. The molecule has 1 aromatic carbocycles. The number of halogens is 1. The van der Waals surface area contributed by atoms with Crippen molar-refractivity contribution in [1.29, 1.82) is 0 Å². The lowest BCUT2D eigenvalue weighted by Crippen LogP contribution is -2.02. The molecule has 0 aliphatic carbocycles. The lowest BCUT2D eigenvalue weighted by Gasteiger charge is -2.16. The molecule has 0 spiro atoms. The second-order valence-corrected chi connectivity index (χ2v) is 5.38. The van der Waals surface area contributed by atoms with Gasteiger partial charge in [0.1, 0.15) is 5.56 Å². The van der Waals surface area contributed by atoms with Crippen LogP contribution in [0, 0.1) is 0 Å². The van der Waals surface area contributed by atoms with E-state index in [4.69, 9.17) is 25.2 Å². The van der Waals surface area contributed by atoms with Crippen LogP contribution in [0.5, 0.6) is 0 Å². The van der Waals surface area contributed by atoms with Crippen LogP contribution in [0.3, 0.4) is 0 Å². The highest BCUT2D eigenvalue weighted by Crippen LogP contribution is 2.50. The molecule has 0 saturated carbocycles. The van der Waals surface area contributed by atoms with Crippen molar-refractivity contribution in [1.82, 2.24) is 0 Å². The van der Waals surface area contributed by atoms with Crippen LogP contribution in [0.25, 0.3) is 0 Å². The summed E-state index contributed by atoms with van der Waals surface area (Å²) < 4.78 is 26.5. The second-order valence-electron chi connectivity index (χ2n) is 3.04. The molecule has 0 bridgehead atoms. The number of alkyl halides is 1. The average molecular weight is 265 g/mol. The summed E-state index contributed by atoms with van der Waals surface area (Å²) in [5, 5.41) is 0. The zero-order valence-electron chi connectivity index (χ0n) is 9.13. The van der Waals surface area contributed by atoms with Crippen molar-refractivity contribution >= 4 is 19.4 Å². The van der Waals surface area contributed by atoms with Crippen LogP contribution in [0.4, 0.5) is 0 Å². The molecule has 4 nitrogen and oxygen atoms in total. The van der Waals surface area contributed by atoms with E-state index in [0.717, 1.165) is 5.56 Å². The van der Waals surface area contributed by atoms with Gasteiger partial charge in [-0.1, -0.05) is 41.9 Å². The SMILES string of the molecule is COP(=O)(OCc1ccccc1)OC(C)Cl. The summed E-state index contributed by atoms with van der Waals surface area (Å²) in [6.07, 6.45) is 0. The van der Waals surface area contributed by atoms with Crippen molar-refractivity contribution in [3.63, 3.8) is 0 Å². The van der Waals surface area contributed by atoms with Gasteiger partial charge in [0.25, 0.3) is 0 Å². The second kappa shape index (κ2) is 6.38. The van der Waals surface area contributed by atoms with Crippen LogP contribution in [-0.2, 0) is 24.7 Å². The minimum atomic E-state index is -3.55. The fourth-order valence-corrected chi connectivity index (χ4v) is 2.24. The van der Waals surface area contributed by atoms with E-state index in [1.807, 2.05) is 30.3 Å². The molecule has 16 heavy (non-hydrogen) atoms. The van der Waals surface area contributed by atoms with Crippen LogP contribution >= 0.6 is 19.4 Å². The van der Waals surface area contributed by atoms with Gasteiger partial charge in [0.05, 0.1) is 6.61 Å². The minimum Gasteiger partial charge on any atom is -0.290 e. The Kier molecular flexibility index (Phi) is 5.46. The Bertz CT molecular complexity index is 355. The van der Waals surface area contributed by atoms with Crippen LogP contribution in [0.15, 0.2) is 30.3 Å². The number of benzene rings is 1. The van der Waals surface area contributed by atoms with Gasteiger partial charge in [0, 0.05) is 7.11 Å². The Labute approximate surface area is 100 Å². The molecule has 0 radical (unpaired) electrons. The molecule has 1 aromatic rings. The maximum atomic E-state index is 11.8. The van der Waals surface area contributed by atoms with Crippen LogP contribution in [-0.4, -0.2) is 12.7 Å². The van der Waals surface area contributed by atoms with E-state index < -0.39 is 13.4 Å². The maximum Gasteiger partial charge on any atom is 0.476 e. The lowest BCUT2D eigenvalue weighted by molar-refractivity contribution is 0.119. The molecular formula is C10H14ClO4P. The van der Waals surface area contributed by atoms with Gasteiger partial charge in [0.2, 0.25) is 0 Å². The van der Waals surface area contributed by atoms with E-state index in [9.17, 15) is 4.57 Å². The summed E-state index contributed by atoms with van der Waals surface area (Å²) in [6, 6.07) is 9.31. The van der Waals surface area contributed by atoms with Gasteiger partial charge < -0.3 is 0 Å². The molecule has 2 unspecified atom stereocenters. The van der Waals surface area contributed by atoms with Crippen molar-refractivity contribution < 1.29 is 18.1 Å². The molecular weight excluding hydrogens is 251 g/mol. The smallest absolute Gasteiger partial charge is 0.290 e. The number of phosphoric ester groups is 1. The molecule has 6 heteroatoms. The summed E-state index contributed by atoms with van der Waals surface area (Å²) >= 11 is 5.57. The summed E-state index contributed by atoms with van der Waals surface area (Å²) in [6.45, 7) is 1.69. The van der Waals surface area contributed by atoms with Gasteiger partial charge in [-0.05, 0) is 12.5 Å². The maximum absolute atomic E-state index is 11.8. The van der Waals surface area contributed by atoms with Gasteiger partial charge in [-0.25, -0.2) is 4.57 Å². The van der Waals surface area contributed by atoms with E-state index in [1.165, 1.54) is 7.11 Å². The van der Waals surface area contributed by atoms with Crippen molar-refractivity contribution in [2.24, 2.45) is 0 Å². The highest BCUT2D eigenvalue weighted by atomic mass is 35.5. The molecule has 0 saturated heterocycles. The number of hydrogen-bond donors (Lipinski definition) is 0. The van der Waals surface area contributed by atoms with Gasteiger partial charge in [-0.3, -0.25) is 13.6 Å². The summed E-state index contributed by atoms with van der Waals surface area (Å²) in [5.74, 6) is 0. The minimum absolute atomic E-state index is 0.148. The molecule has 0 aliphatic heterocycles. The molecule has 1 rings (SSSR count). The quantitative estimate of drug-likeness (QED) is 0.582. The van der Waals surface area contributed by atoms with E-state index >= 15 is 0 Å². The summed E-state index contributed by atoms with van der Waals surface area (Å²) in [7, 11) is -2.30. The molecule has 2 atom stereocenters. The average Bonchev–Trinajstić information content (AvgIpc) is 2.27. The Balaban J connectivity index is 2.55. The fraction of sp³-hybridized carbons (Fsp3) is 0.400. The first-order valence-electron chi connectivity index (χ1n) is 4.72. The molecule has 0 aliphatic rings. The van der Waals surface area contributed by atoms with Gasteiger partial charge in [0.15, 0.2) is 0 Å². The third-order valence-corrected chi connectivity index (χ3v) is 3.41. The van der Waals surface area contributed by atoms with E-state index in [-0.39, 0.29) is 6.61 Å². The first kappa shape index (κ1) is 13.7. The van der Waals surface area contributed by atoms with E-state index in [0.29, 0.717) is 0 Å². The van der Waals surface area contributed by atoms with Crippen molar-refractivity contribution in [3.8, 4) is 0 Å². The molecule has 0 heterocycles. The highest BCUT2D eigenvalue weighted by Gasteiger charge is 2.27. The molecule has 0 aromatic heterocycles. The number of phosphoric acid groups is 1. The van der Waals surface area contributed by atoms with Gasteiger partial charge >= 0.3 is 7.82 Å². The first-order chi connectivity index (χ1) is 7.56. The first-order valence-corrected chi connectivity index (χ1v) is 6.62. The van der Waals surface area contributed by atoms with Gasteiger partial charge in [-0.15, -0.1) is 0 Å². The van der Waals surface area contributed by atoms with Crippen molar-refractivity contribution in [2.45, 2.75) is 19.1 Å². The third kappa shape index (κ3) is 4.64. The Morgan fingerprint density at radius 1 is 1.38 bits per heavy atom. The van der Waals surface area contributed by atoms with E-state index in [2.05, 4.69) is 0 Å². The Morgan fingerprint density at radius 3 is 2.50 bits per heavy atom.